The van der Waals surface area contributed by atoms with Gasteiger partial charge in [-0.1, -0.05) is 23.7 Å². The Labute approximate surface area is 144 Å². The Hall–Kier alpha value is -2.18. The van der Waals surface area contributed by atoms with Gasteiger partial charge < -0.3 is 15.5 Å². The maximum atomic E-state index is 13.2. The minimum absolute atomic E-state index is 0.0317. The predicted octanol–water partition coefficient (Wildman–Crippen LogP) is 2.22. The number of carbonyl (C=O) groups is 1. The van der Waals surface area contributed by atoms with E-state index in [1.807, 2.05) is 18.2 Å². The van der Waals surface area contributed by atoms with Crippen molar-refractivity contribution in [3.05, 3.63) is 59.0 Å². The molecule has 1 aromatic carbocycles. The second-order valence-corrected chi connectivity index (χ2v) is 6.06. The summed E-state index contributed by atoms with van der Waals surface area (Å²) in [4.78, 5) is 20.7. The number of amides is 1. The van der Waals surface area contributed by atoms with Gasteiger partial charge in [-0.05, 0) is 29.8 Å². The van der Waals surface area contributed by atoms with Crippen molar-refractivity contribution in [2.75, 3.05) is 31.1 Å². The summed E-state index contributed by atoms with van der Waals surface area (Å²) in [5, 5.41) is -0.0317. The molecule has 1 atom stereocenters. The third-order valence-electron chi connectivity index (χ3n) is 4.13. The van der Waals surface area contributed by atoms with Crippen LogP contribution in [0.5, 0.6) is 0 Å². The molecule has 2 N–H and O–H groups in total. The predicted molar refractivity (Wildman–Crippen MR) is 91.4 cm³/mol. The van der Waals surface area contributed by atoms with E-state index in [1.165, 1.54) is 18.2 Å². The second kappa shape index (κ2) is 7.15. The first-order chi connectivity index (χ1) is 11.6. The van der Waals surface area contributed by atoms with E-state index in [2.05, 4.69) is 9.88 Å². The molecule has 1 amide bonds. The zero-order chi connectivity index (χ0) is 17.1. The fourth-order valence-corrected chi connectivity index (χ4v) is 2.93. The van der Waals surface area contributed by atoms with Crippen molar-refractivity contribution in [2.24, 2.45) is 5.73 Å². The number of halogens is 2. The fraction of sp³-hybridized carbons (Fsp3) is 0.294. The van der Waals surface area contributed by atoms with Crippen LogP contribution in [0.1, 0.15) is 11.6 Å². The molecule has 0 bridgehead atoms. The van der Waals surface area contributed by atoms with Gasteiger partial charge in [0.15, 0.2) is 0 Å². The highest BCUT2D eigenvalue weighted by Crippen LogP contribution is 2.22. The summed E-state index contributed by atoms with van der Waals surface area (Å²) in [6, 6.07) is 9.04. The van der Waals surface area contributed by atoms with Crippen LogP contribution in [0.2, 0.25) is 5.02 Å². The molecule has 2 heterocycles. The van der Waals surface area contributed by atoms with E-state index in [-0.39, 0.29) is 10.9 Å². The topological polar surface area (TPSA) is 62.5 Å². The largest absolute Gasteiger partial charge is 0.353 e. The number of pyridine rings is 1. The van der Waals surface area contributed by atoms with E-state index in [1.54, 1.807) is 11.1 Å². The summed E-state index contributed by atoms with van der Waals surface area (Å²) < 4.78 is 13.2. The number of rotatable bonds is 3. The lowest BCUT2D eigenvalue weighted by Crippen LogP contribution is -2.51. The quantitative estimate of drug-likeness (QED) is 0.924. The van der Waals surface area contributed by atoms with Gasteiger partial charge in [-0.2, -0.15) is 0 Å². The van der Waals surface area contributed by atoms with Crippen LogP contribution >= 0.6 is 11.6 Å². The van der Waals surface area contributed by atoms with Crippen molar-refractivity contribution >= 4 is 23.3 Å². The molecule has 0 radical (unpaired) electrons. The molecule has 0 saturated carbocycles. The maximum Gasteiger partial charge on any atom is 0.244 e. The molecule has 0 spiro atoms. The third kappa shape index (κ3) is 3.49. The summed E-state index contributed by atoms with van der Waals surface area (Å²) in [7, 11) is 0. The highest BCUT2D eigenvalue weighted by molar-refractivity contribution is 6.30. The average molecular weight is 349 g/mol. The third-order valence-corrected chi connectivity index (χ3v) is 4.42. The fourth-order valence-electron chi connectivity index (χ4n) is 2.74. The van der Waals surface area contributed by atoms with E-state index in [0.29, 0.717) is 31.7 Å². The Kier molecular flexibility index (Phi) is 4.97. The normalized spacial score (nSPS) is 16.1. The number of piperazine rings is 1. The molecule has 126 valence electrons. The average Bonchev–Trinajstić information content (AvgIpc) is 2.63. The number of aromatic nitrogens is 1. The van der Waals surface area contributed by atoms with Crippen LogP contribution in [-0.2, 0) is 4.79 Å². The van der Waals surface area contributed by atoms with Crippen LogP contribution in [0, 0.1) is 5.82 Å². The Morgan fingerprint density at radius 2 is 1.96 bits per heavy atom. The summed E-state index contributed by atoms with van der Waals surface area (Å²) in [6.45, 7) is 2.52. The molecular formula is C17H18ClFN4O. The molecule has 1 aromatic heterocycles. The van der Waals surface area contributed by atoms with Crippen molar-refractivity contribution < 1.29 is 9.18 Å². The Morgan fingerprint density at radius 3 is 2.58 bits per heavy atom. The van der Waals surface area contributed by atoms with E-state index in [4.69, 9.17) is 17.3 Å². The first kappa shape index (κ1) is 16.7. The standard InChI is InChI=1S/C17H18ClFN4O/c18-13-11-12(4-5-14(13)19)16(20)17(24)23-9-7-22(8-10-23)15-3-1-2-6-21-15/h1-6,11,16H,7-10,20H2. The van der Waals surface area contributed by atoms with Gasteiger partial charge in [0.2, 0.25) is 5.91 Å². The van der Waals surface area contributed by atoms with Crippen molar-refractivity contribution in [1.82, 2.24) is 9.88 Å². The van der Waals surface area contributed by atoms with Crippen molar-refractivity contribution in [2.45, 2.75) is 6.04 Å². The van der Waals surface area contributed by atoms with Crippen molar-refractivity contribution in [3.8, 4) is 0 Å². The smallest absolute Gasteiger partial charge is 0.244 e. The monoisotopic (exact) mass is 348 g/mol. The number of benzene rings is 1. The minimum Gasteiger partial charge on any atom is -0.353 e. The Bertz CT molecular complexity index is 720. The SMILES string of the molecule is NC(C(=O)N1CCN(c2ccccn2)CC1)c1ccc(F)c(Cl)c1. The summed E-state index contributed by atoms with van der Waals surface area (Å²) in [5.74, 6) is 0.196. The molecule has 2 aromatic rings. The number of carbonyl (C=O) groups excluding carboxylic acids is 1. The van der Waals surface area contributed by atoms with Gasteiger partial charge in [-0.15, -0.1) is 0 Å². The summed E-state index contributed by atoms with van der Waals surface area (Å²) in [6.07, 6.45) is 1.75. The molecule has 0 aliphatic carbocycles. The van der Waals surface area contributed by atoms with Crippen LogP contribution in [0.3, 0.4) is 0 Å². The molecule has 3 rings (SSSR count). The van der Waals surface area contributed by atoms with Gasteiger partial charge in [-0.25, -0.2) is 9.37 Å². The first-order valence-corrected chi connectivity index (χ1v) is 8.09. The molecule has 24 heavy (non-hydrogen) atoms. The molecule has 1 saturated heterocycles. The van der Waals surface area contributed by atoms with E-state index < -0.39 is 11.9 Å². The van der Waals surface area contributed by atoms with Gasteiger partial charge >= 0.3 is 0 Å². The molecular weight excluding hydrogens is 331 g/mol. The van der Waals surface area contributed by atoms with Gasteiger partial charge in [0.1, 0.15) is 17.7 Å². The van der Waals surface area contributed by atoms with Gasteiger partial charge in [0.25, 0.3) is 0 Å². The molecule has 1 aliphatic heterocycles. The Morgan fingerprint density at radius 1 is 1.21 bits per heavy atom. The van der Waals surface area contributed by atoms with Crippen LogP contribution in [-0.4, -0.2) is 42.0 Å². The van der Waals surface area contributed by atoms with E-state index >= 15 is 0 Å². The zero-order valence-corrected chi connectivity index (χ0v) is 13.8. The molecule has 1 unspecified atom stereocenters. The maximum absolute atomic E-state index is 13.2. The van der Waals surface area contributed by atoms with Crippen LogP contribution < -0.4 is 10.6 Å². The summed E-state index contributed by atoms with van der Waals surface area (Å²) >= 11 is 5.77. The second-order valence-electron chi connectivity index (χ2n) is 5.65. The van der Waals surface area contributed by atoms with E-state index in [0.717, 1.165) is 5.82 Å². The molecule has 7 heteroatoms. The lowest BCUT2D eigenvalue weighted by Gasteiger charge is -2.36. The zero-order valence-electron chi connectivity index (χ0n) is 13.0. The molecule has 1 aliphatic rings. The number of nitrogens with zero attached hydrogens (tertiary/aromatic N) is 3. The Balaban J connectivity index is 1.63. The number of nitrogens with two attached hydrogens (primary N) is 1. The van der Waals surface area contributed by atoms with Gasteiger partial charge in [0.05, 0.1) is 5.02 Å². The number of anilines is 1. The lowest BCUT2D eigenvalue weighted by molar-refractivity contribution is -0.133. The van der Waals surface area contributed by atoms with Gasteiger partial charge in [0, 0.05) is 32.4 Å². The highest BCUT2D eigenvalue weighted by Gasteiger charge is 2.27. The van der Waals surface area contributed by atoms with Gasteiger partial charge in [-0.3, -0.25) is 4.79 Å². The van der Waals surface area contributed by atoms with Crippen LogP contribution in [0.25, 0.3) is 0 Å². The van der Waals surface area contributed by atoms with Crippen molar-refractivity contribution in [1.29, 1.82) is 0 Å². The number of hydrogen-bond acceptors (Lipinski definition) is 4. The van der Waals surface area contributed by atoms with E-state index in [9.17, 15) is 9.18 Å². The minimum atomic E-state index is -0.843. The highest BCUT2D eigenvalue weighted by atomic mass is 35.5. The number of hydrogen-bond donors (Lipinski definition) is 1. The summed E-state index contributed by atoms with van der Waals surface area (Å²) in [5.41, 5.74) is 6.55. The van der Waals surface area contributed by atoms with Crippen molar-refractivity contribution in [3.63, 3.8) is 0 Å². The molecule has 5 nitrogen and oxygen atoms in total. The van der Waals surface area contributed by atoms with Crippen LogP contribution in [0.4, 0.5) is 10.2 Å². The molecule has 1 fully saturated rings. The first-order valence-electron chi connectivity index (χ1n) is 7.71. The lowest BCUT2D eigenvalue weighted by atomic mass is 10.1. The van der Waals surface area contributed by atoms with Crippen LogP contribution in [0.15, 0.2) is 42.6 Å².